The second kappa shape index (κ2) is 5.24. The van der Waals surface area contributed by atoms with E-state index in [0.29, 0.717) is 5.92 Å². The first kappa shape index (κ1) is 14.5. The van der Waals surface area contributed by atoms with Gasteiger partial charge in [0.2, 0.25) is 0 Å². The van der Waals surface area contributed by atoms with E-state index in [4.69, 9.17) is 0 Å². The van der Waals surface area contributed by atoms with Gasteiger partial charge in [0.25, 0.3) is 0 Å². The quantitative estimate of drug-likeness (QED) is 0.756. The van der Waals surface area contributed by atoms with Crippen LogP contribution >= 0.6 is 0 Å². The Kier molecular flexibility index (Phi) is 3.46. The lowest BCUT2D eigenvalue weighted by atomic mass is 9.53. The third kappa shape index (κ3) is 2.55. The molecule has 1 N–H and O–H groups in total. The maximum Gasteiger partial charge on any atom is 0.311 e. The zero-order valence-electron chi connectivity index (χ0n) is 13.6. The topological polar surface area (TPSA) is 49.4 Å². The van der Waals surface area contributed by atoms with Crippen molar-refractivity contribution >= 4 is 11.8 Å². The summed E-state index contributed by atoms with van der Waals surface area (Å²) >= 11 is 0. The Morgan fingerprint density at radius 2 is 1.45 bits per heavy atom. The molecule has 122 valence electrons. The van der Waals surface area contributed by atoms with Gasteiger partial charge in [-0.1, -0.05) is 6.92 Å². The number of nitrogens with one attached hydrogen (secondary N) is 1. The average molecular weight is 304 g/mol. The molecule has 0 atom stereocenters. The number of carbonyl (C=O) groups is 2. The minimum Gasteiger partial charge on any atom is -0.342 e. The lowest BCUT2D eigenvalue weighted by molar-refractivity contribution is -0.149. The van der Waals surface area contributed by atoms with E-state index in [1.54, 1.807) is 4.90 Å². The zero-order chi connectivity index (χ0) is 15.3. The first-order valence-electron chi connectivity index (χ1n) is 9.14. The molecule has 0 aromatic heterocycles. The van der Waals surface area contributed by atoms with E-state index in [2.05, 4.69) is 12.2 Å². The Hall–Kier alpha value is -1.06. The van der Waals surface area contributed by atoms with Gasteiger partial charge in [-0.15, -0.1) is 0 Å². The highest BCUT2D eigenvalue weighted by atomic mass is 16.2. The van der Waals surface area contributed by atoms with Gasteiger partial charge in [-0.25, -0.2) is 0 Å². The largest absolute Gasteiger partial charge is 0.342 e. The van der Waals surface area contributed by atoms with Crippen LogP contribution < -0.4 is 5.32 Å². The van der Waals surface area contributed by atoms with Crippen LogP contribution in [0.4, 0.5) is 0 Å². The summed E-state index contributed by atoms with van der Waals surface area (Å²) in [5.74, 6) is 2.42. The monoisotopic (exact) mass is 304 g/mol. The van der Waals surface area contributed by atoms with Gasteiger partial charge in [0.1, 0.15) is 0 Å². The number of hydrogen-bond acceptors (Lipinski definition) is 2. The Morgan fingerprint density at radius 1 is 0.955 bits per heavy atom. The summed E-state index contributed by atoms with van der Waals surface area (Å²) in [6.07, 6.45) is 9.43. The van der Waals surface area contributed by atoms with Gasteiger partial charge in [-0.3, -0.25) is 9.59 Å². The number of likely N-dealkylation sites (tertiary alicyclic amines) is 1. The fourth-order valence-corrected chi connectivity index (χ4v) is 5.91. The Morgan fingerprint density at radius 3 is 1.95 bits per heavy atom. The lowest BCUT2D eigenvalue weighted by Crippen LogP contribution is -2.62. The van der Waals surface area contributed by atoms with Crippen molar-refractivity contribution in [1.82, 2.24) is 10.2 Å². The minimum atomic E-state index is -0.337. The van der Waals surface area contributed by atoms with Crippen LogP contribution in [0.2, 0.25) is 0 Å². The summed E-state index contributed by atoms with van der Waals surface area (Å²) in [6.45, 7) is 3.71. The second-order valence-corrected chi connectivity index (χ2v) is 8.63. The first-order chi connectivity index (χ1) is 10.5. The number of amides is 2. The molecule has 1 saturated heterocycles. The molecule has 1 heterocycles. The van der Waals surface area contributed by atoms with Gasteiger partial charge < -0.3 is 10.2 Å². The van der Waals surface area contributed by atoms with Crippen molar-refractivity contribution in [2.75, 3.05) is 13.1 Å². The van der Waals surface area contributed by atoms with Crippen LogP contribution in [0.3, 0.4) is 0 Å². The van der Waals surface area contributed by atoms with E-state index in [1.807, 2.05) is 0 Å². The van der Waals surface area contributed by atoms with Crippen molar-refractivity contribution in [3.05, 3.63) is 0 Å². The maximum absolute atomic E-state index is 12.5. The molecule has 5 rings (SSSR count). The summed E-state index contributed by atoms with van der Waals surface area (Å²) in [5.41, 5.74) is -0.0510. The molecule has 0 spiro atoms. The zero-order valence-corrected chi connectivity index (χ0v) is 13.6. The van der Waals surface area contributed by atoms with E-state index in [1.165, 1.54) is 19.3 Å². The van der Waals surface area contributed by atoms with E-state index < -0.39 is 0 Å². The summed E-state index contributed by atoms with van der Waals surface area (Å²) < 4.78 is 0. The van der Waals surface area contributed by atoms with Crippen molar-refractivity contribution < 1.29 is 9.59 Å². The van der Waals surface area contributed by atoms with Crippen LogP contribution in [0.25, 0.3) is 0 Å². The van der Waals surface area contributed by atoms with E-state index in [-0.39, 0.29) is 17.4 Å². The molecule has 4 nitrogen and oxygen atoms in total. The smallest absolute Gasteiger partial charge is 0.311 e. The molecule has 5 aliphatic rings. The molecule has 0 aromatic carbocycles. The van der Waals surface area contributed by atoms with Crippen molar-refractivity contribution in [2.24, 2.45) is 23.7 Å². The van der Waals surface area contributed by atoms with Crippen LogP contribution in [0, 0.1) is 23.7 Å². The van der Waals surface area contributed by atoms with E-state index in [9.17, 15) is 9.59 Å². The molecule has 4 saturated carbocycles. The highest BCUT2D eigenvalue weighted by molar-refractivity contribution is 6.35. The predicted molar refractivity (Wildman–Crippen MR) is 84.0 cm³/mol. The first-order valence-corrected chi connectivity index (χ1v) is 9.14. The molecule has 22 heavy (non-hydrogen) atoms. The molecule has 5 fully saturated rings. The molecular formula is C18H28N2O2. The highest BCUT2D eigenvalue weighted by Gasteiger charge is 2.52. The predicted octanol–water partition coefficient (Wildman–Crippen LogP) is 2.33. The maximum atomic E-state index is 12.5. The molecule has 4 heteroatoms. The summed E-state index contributed by atoms with van der Waals surface area (Å²) in [6, 6.07) is 0. The summed E-state index contributed by atoms with van der Waals surface area (Å²) in [4.78, 5) is 26.7. The Labute approximate surface area is 133 Å². The van der Waals surface area contributed by atoms with Crippen LogP contribution in [-0.2, 0) is 9.59 Å². The lowest BCUT2D eigenvalue weighted by Gasteiger charge is -2.56. The molecule has 1 aliphatic heterocycles. The van der Waals surface area contributed by atoms with Crippen molar-refractivity contribution in [3.63, 3.8) is 0 Å². The van der Waals surface area contributed by atoms with Gasteiger partial charge in [0.15, 0.2) is 0 Å². The Bertz CT molecular complexity index is 444. The fraction of sp³-hybridized carbons (Fsp3) is 0.889. The summed E-state index contributed by atoms with van der Waals surface area (Å²) in [5, 5.41) is 3.20. The number of rotatable bonds is 1. The number of piperidine rings is 1. The van der Waals surface area contributed by atoms with E-state index in [0.717, 1.165) is 62.9 Å². The van der Waals surface area contributed by atoms with E-state index >= 15 is 0 Å². The van der Waals surface area contributed by atoms with Crippen molar-refractivity contribution in [1.29, 1.82) is 0 Å². The molecule has 0 radical (unpaired) electrons. The second-order valence-electron chi connectivity index (χ2n) is 8.63. The van der Waals surface area contributed by atoms with Gasteiger partial charge in [0.05, 0.1) is 0 Å². The number of nitrogens with zero attached hydrogens (tertiary/aromatic N) is 1. The molecule has 4 bridgehead atoms. The van der Waals surface area contributed by atoms with Gasteiger partial charge in [0, 0.05) is 18.6 Å². The third-order valence-corrected chi connectivity index (χ3v) is 6.68. The van der Waals surface area contributed by atoms with Gasteiger partial charge in [-0.2, -0.15) is 0 Å². The number of hydrogen-bond donors (Lipinski definition) is 1. The van der Waals surface area contributed by atoms with Crippen LogP contribution in [0.1, 0.15) is 58.3 Å². The SMILES string of the molecule is CC1CCN(C(=O)C(=O)NC23CC4CC(CC(C4)C2)C3)CC1. The normalized spacial score (nSPS) is 40.8. The standard InChI is InChI=1S/C18H28N2O2/c1-12-2-4-20(5-3-12)17(22)16(21)19-18-9-13-6-14(10-18)8-15(7-13)11-18/h12-15H,2-11H2,1H3,(H,19,21). The molecule has 2 amide bonds. The molecule has 0 aromatic rings. The fourth-order valence-electron chi connectivity index (χ4n) is 5.91. The molecular weight excluding hydrogens is 276 g/mol. The van der Waals surface area contributed by atoms with Crippen LogP contribution in [0.5, 0.6) is 0 Å². The Balaban J connectivity index is 1.40. The van der Waals surface area contributed by atoms with Crippen LogP contribution in [-0.4, -0.2) is 35.3 Å². The van der Waals surface area contributed by atoms with Crippen molar-refractivity contribution in [3.8, 4) is 0 Å². The van der Waals surface area contributed by atoms with Crippen LogP contribution in [0.15, 0.2) is 0 Å². The summed E-state index contributed by atoms with van der Waals surface area (Å²) in [7, 11) is 0. The average Bonchev–Trinajstić information content (AvgIpc) is 2.45. The minimum absolute atomic E-state index is 0.0510. The van der Waals surface area contributed by atoms with Gasteiger partial charge >= 0.3 is 11.8 Å². The molecule has 4 aliphatic carbocycles. The highest BCUT2D eigenvalue weighted by Crippen LogP contribution is 2.55. The molecule has 0 unspecified atom stereocenters. The van der Waals surface area contributed by atoms with Crippen molar-refractivity contribution in [2.45, 2.75) is 63.8 Å². The van der Waals surface area contributed by atoms with Gasteiger partial charge in [-0.05, 0) is 75.0 Å². The number of carbonyl (C=O) groups excluding carboxylic acids is 2. The third-order valence-electron chi connectivity index (χ3n) is 6.68.